The molecule has 1 saturated carbocycles. The molecule has 2 aliphatic carbocycles. The number of piperidine rings is 1. The summed E-state index contributed by atoms with van der Waals surface area (Å²) in [5.74, 6) is 1.01. The minimum atomic E-state index is 0.704. The molecule has 0 radical (unpaired) electrons. The number of nitrogens with one attached hydrogen (secondary N) is 1. The number of nitrogens with zero attached hydrogens (tertiary/aromatic N) is 1. The third-order valence-electron chi connectivity index (χ3n) is 5.46. The molecule has 1 unspecified atom stereocenters. The quantitative estimate of drug-likeness (QED) is 0.904. The second kappa shape index (κ2) is 5.50. The van der Waals surface area contributed by atoms with Crippen molar-refractivity contribution in [2.24, 2.45) is 5.92 Å². The fraction of sp³-hybridized carbons (Fsp3) is 0.667. The van der Waals surface area contributed by atoms with Crippen LogP contribution in [0.3, 0.4) is 0 Å². The van der Waals surface area contributed by atoms with Gasteiger partial charge in [0, 0.05) is 25.2 Å². The number of aryl methyl sites for hydroxylation is 1. The number of benzene rings is 1. The van der Waals surface area contributed by atoms with Crippen molar-refractivity contribution in [1.29, 1.82) is 0 Å². The van der Waals surface area contributed by atoms with Crippen molar-refractivity contribution in [3.63, 3.8) is 0 Å². The standard InChI is InChI=1S/C18H26N2/c1-2-4-17-15(3-1)7-8-18(17)20-11-9-16(10-12-20)19-13-14-5-6-14/h1-4,14,16,18-19H,5-13H2. The Balaban J connectivity index is 1.33. The summed E-state index contributed by atoms with van der Waals surface area (Å²) in [5, 5.41) is 3.79. The molecular weight excluding hydrogens is 244 g/mol. The van der Waals surface area contributed by atoms with E-state index in [9.17, 15) is 0 Å². The Hall–Kier alpha value is -0.860. The molecule has 0 aromatic heterocycles. The van der Waals surface area contributed by atoms with Crippen LogP contribution in [0, 0.1) is 5.92 Å². The molecule has 0 spiro atoms. The third-order valence-corrected chi connectivity index (χ3v) is 5.46. The highest BCUT2D eigenvalue weighted by atomic mass is 15.2. The number of fused-ring (bicyclic) bond motifs is 1. The van der Waals surface area contributed by atoms with Crippen LogP contribution in [0.2, 0.25) is 0 Å². The lowest BCUT2D eigenvalue weighted by Crippen LogP contribution is -2.44. The zero-order valence-electron chi connectivity index (χ0n) is 12.4. The zero-order chi connectivity index (χ0) is 13.4. The van der Waals surface area contributed by atoms with Crippen molar-refractivity contribution in [2.45, 2.75) is 50.6 Å². The molecule has 0 amide bonds. The second-order valence-electron chi connectivity index (χ2n) is 6.92. The van der Waals surface area contributed by atoms with E-state index in [1.165, 1.54) is 58.2 Å². The molecule has 2 fully saturated rings. The van der Waals surface area contributed by atoms with E-state index in [1.54, 1.807) is 11.1 Å². The van der Waals surface area contributed by atoms with Crippen LogP contribution in [0.4, 0.5) is 0 Å². The molecule has 1 heterocycles. The Kier molecular flexibility index (Phi) is 3.53. The van der Waals surface area contributed by atoms with Gasteiger partial charge in [-0.2, -0.15) is 0 Å². The van der Waals surface area contributed by atoms with Crippen molar-refractivity contribution in [3.8, 4) is 0 Å². The highest BCUT2D eigenvalue weighted by Crippen LogP contribution is 2.37. The molecule has 108 valence electrons. The Morgan fingerprint density at radius 1 is 1.00 bits per heavy atom. The molecule has 20 heavy (non-hydrogen) atoms. The van der Waals surface area contributed by atoms with Gasteiger partial charge in [0.05, 0.1) is 0 Å². The van der Waals surface area contributed by atoms with Gasteiger partial charge in [0.15, 0.2) is 0 Å². The minimum absolute atomic E-state index is 0.704. The maximum atomic E-state index is 3.79. The third kappa shape index (κ3) is 2.64. The molecule has 4 rings (SSSR count). The van der Waals surface area contributed by atoms with Gasteiger partial charge in [-0.05, 0) is 62.1 Å². The topological polar surface area (TPSA) is 15.3 Å². The molecule has 2 nitrogen and oxygen atoms in total. The SMILES string of the molecule is c1ccc2c(c1)CCC2N1CCC(NCC2CC2)CC1. The van der Waals surface area contributed by atoms with E-state index in [0.29, 0.717) is 6.04 Å². The van der Waals surface area contributed by atoms with E-state index in [-0.39, 0.29) is 0 Å². The average molecular weight is 270 g/mol. The van der Waals surface area contributed by atoms with Crippen molar-refractivity contribution in [2.75, 3.05) is 19.6 Å². The fourth-order valence-electron chi connectivity index (χ4n) is 3.98. The van der Waals surface area contributed by atoms with E-state index >= 15 is 0 Å². The van der Waals surface area contributed by atoms with Crippen molar-refractivity contribution in [3.05, 3.63) is 35.4 Å². The first-order chi connectivity index (χ1) is 9.90. The smallest absolute Gasteiger partial charge is 0.0354 e. The van der Waals surface area contributed by atoms with Crippen LogP contribution >= 0.6 is 0 Å². The summed E-state index contributed by atoms with van der Waals surface area (Å²) in [5.41, 5.74) is 3.20. The first-order valence-corrected chi connectivity index (χ1v) is 8.45. The van der Waals surface area contributed by atoms with Gasteiger partial charge in [0.1, 0.15) is 0 Å². The van der Waals surface area contributed by atoms with Gasteiger partial charge in [-0.25, -0.2) is 0 Å². The minimum Gasteiger partial charge on any atom is -0.314 e. The summed E-state index contributed by atoms with van der Waals surface area (Å²) in [4.78, 5) is 2.74. The highest BCUT2D eigenvalue weighted by Gasteiger charge is 2.31. The van der Waals surface area contributed by atoms with Gasteiger partial charge in [0.2, 0.25) is 0 Å². The van der Waals surface area contributed by atoms with Gasteiger partial charge < -0.3 is 5.32 Å². The largest absolute Gasteiger partial charge is 0.314 e. The molecular formula is C18H26N2. The summed E-state index contributed by atoms with van der Waals surface area (Å²) < 4.78 is 0. The maximum Gasteiger partial charge on any atom is 0.0354 e. The molecule has 1 saturated heterocycles. The predicted octanol–water partition coefficient (Wildman–Crippen LogP) is 3.14. The van der Waals surface area contributed by atoms with E-state index in [1.807, 2.05) is 0 Å². The van der Waals surface area contributed by atoms with Crippen LogP contribution < -0.4 is 5.32 Å². The summed E-state index contributed by atoms with van der Waals surface area (Å²) in [6.45, 7) is 3.83. The van der Waals surface area contributed by atoms with Crippen molar-refractivity contribution >= 4 is 0 Å². The first kappa shape index (κ1) is 12.8. The number of likely N-dealkylation sites (tertiary alicyclic amines) is 1. The van der Waals surface area contributed by atoms with Gasteiger partial charge in [-0.15, -0.1) is 0 Å². The van der Waals surface area contributed by atoms with Gasteiger partial charge in [-0.3, -0.25) is 4.90 Å². The summed E-state index contributed by atoms with van der Waals surface area (Å²) >= 11 is 0. The molecule has 1 aromatic carbocycles. The first-order valence-electron chi connectivity index (χ1n) is 8.45. The molecule has 1 atom stereocenters. The fourth-order valence-corrected chi connectivity index (χ4v) is 3.98. The number of hydrogen-bond donors (Lipinski definition) is 1. The van der Waals surface area contributed by atoms with Gasteiger partial charge in [0.25, 0.3) is 0 Å². The number of hydrogen-bond acceptors (Lipinski definition) is 2. The molecule has 1 aromatic rings. The molecule has 2 heteroatoms. The van der Waals surface area contributed by atoms with Gasteiger partial charge in [-0.1, -0.05) is 24.3 Å². The van der Waals surface area contributed by atoms with Crippen LogP contribution in [-0.2, 0) is 6.42 Å². The monoisotopic (exact) mass is 270 g/mol. The number of rotatable bonds is 4. The molecule has 3 aliphatic rings. The summed E-state index contributed by atoms with van der Waals surface area (Å²) in [6.07, 6.45) is 8.21. The lowest BCUT2D eigenvalue weighted by molar-refractivity contribution is 0.142. The second-order valence-corrected chi connectivity index (χ2v) is 6.92. The Bertz CT molecular complexity index is 458. The van der Waals surface area contributed by atoms with Crippen LogP contribution in [0.5, 0.6) is 0 Å². The maximum absolute atomic E-state index is 3.79. The van der Waals surface area contributed by atoms with E-state index < -0.39 is 0 Å². The van der Waals surface area contributed by atoms with Gasteiger partial charge >= 0.3 is 0 Å². The molecule has 0 bridgehead atoms. The lowest BCUT2D eigenvalue weighted by Gasteiger charge is -2.36. The molecule has 1 N–H and O–H groups in total. The lowest BCUT2D eigenvalue weighted by atomic mass is 10.00. The normalized spacial score (nSPS) is 27.7. The Morgan fingerprint density at radius 2 is 1.80 bits per heavy atom. The van der Waals surface area contributed by atoms with Crippen LogP contribution in [0.15, 0.2) is 24.3 Å². The van der Waals surface area contributed by atoms with Crippen LogP contribution in [0.1, 0.15) is 49.3 Å². The summed E-state index contributed by atoms with van der Waals surface area (Å²) in [7, 11) is 0. The zero-order valence-corrected chi connectivity index (χ0v) is 12.4. The highest BCUT2D eigenvalue weighted by molar-refractivity contribution is 5.34. The van der Waals surface area contributed by atoms with Crippen molar-refractivity contribution in [1.82, 2.24) is 10.2 Å². The Morgan fingerprint density at radius 3 is 2.60 bits per heavy atom. The van der Waals surface area contributed by atoms with E-state index in [4.69, 9.17) is 0 Å². The predicted molar refractivity (Wildman–Crippen MR) is 82.8 cm³/mol. The van der Waals surface area contributed by atoms with E-state index in [0.717, 1.165) is 12.0 Å². The summed E-state index contributed by atoms with van der Waals surface area (Å²) in [6, 6.07) is 10.6. The Labute approximate surface area is 122 Å². The van der Waals surface area contributed by atoms with Crippen LogP contribution in [0.25, 0.3) is 0 Å². The van der Waals surface area contributed by atoms with Crippen LogP contribution in [-0.4, -0.2) is 30.6 Å². The average Bonchev–Trinajstić information content (AvgIpc) is 3.23. The van der Waals surface area contributed by atoms with Crippen molar-refractivity contribution < 1.29 is 0 Å². The molecule has 1 aliphatic heterocycles. The van der Waals surface area contributed by atoms with E-state index in [2.05, 4.69) is 34.5 Å².